The molecule has 35 heavy (non-hydrogen) atoms. The number of guanidine groups is 1. The summed E-state index contributed by atoms with van der Waals surface area (Å²) in [4.78, 5) is 65.6. The van der Waals surface area contributed by atoms with Crippen molar-refractivity contribution in [2.24, 2.45) is 22.2 Å². The number of aliphatic imine (C=N–C) groups is 1. The molecule has 1 rings (SSSR count). The molecule has 0 aromatic rings. The molecule has 0 aromatic carbocycles. The zero-order valence-electron chi connectivity index (χ0n) is 19.6. The third-order valence-electron chi connectivity index (χ3n) is 5.45. The highest BCUT2D eigenvalue weighted by atomic mass is 16.4. The van der Waals surface area contributed by atoms with Crippen molar-refractivity contribution in [1.29, 1.82) is 0 Å². The molecule has 0 bridgehead atoms. The quantitative estimate of drug-likeness (QED) is 0.0662. The van der Waals surface area contributed by atoms with Gasteiger partial charge in [0.2, 0.25) is 17.7 Å². The van der Waals surface area contributed by atoms with Gasteiger partial charge in [-0.05, 0) is 39.0 Å². The number of carboxylic acids is 2. The lowest BCUT2D eigenvalue weighted by Crippen LogP contribution is -2.59. The zero-order valence-corrected chi connectivity index (χ0v) is 19.6. The first kappa shape index (κ1) is 29.6. The third-order valence-corrected chi connectivity index (χ3v) is 5.45. The number of aliphatic hydroxyl groups excluding tert-OH is 1. The summed E-state index contributed by atoms with van der Waals surface area (Å²) in [5.41, 5.74) is 16.3. The number of aliphatic hydroxyl groups is 1. The van der Waals surface area contributed by atoms with Gasteiger partial charge < -0.3 is 48.1 Å². The molecule has 3 amide bonds. The van der Waals surface area contributed by atoms with Gasteiger partial charge in [0, 0.05) is 19.5 Å². The second-order valence-corrected chi connectivity index (χ2v) is 8.30. The van der Waals surface area contributed by atoms with Crippen LogP contribution in [-0.2, 0) is 24.0 Å². The number of carboxylic acid groups (broad SMARTS) is 2. The second kappa shape index (κ2) is 14.1. The van der Waals surface area contributed by atoms with Crippen LogP contribution < -0.4 is 27.8 Å². The Kier molecular flexibility index (Phi) is 11.9. The van der Waals surface area contributed by atoms with E-state index in [9.17, 15) is 34.2 Å². The van der Waals surface area contributed by atoms with Crippen molar-refractivity contribution in [2.45, 2.75) is 75.7 Å². The number of amides is 3. The minimum atomic E-state index is -1.50. The van der Waals surface area contributed by atoms with Gasteiger partial charge in [0.05, 0.1) is 12.1 Å². The Morgan fingerprint density at radius 3 is 2.29 bits per heavy atom. The fourth-order valence-corrected chi connectivity index (χ4v) is 3.59. The lowest BCUT2D eigenvalue weighted by atomic mass is 10.1. The van der Waals surface area contributed by atoms with Gasteiger partial charge >= 0.3 is 11.9 Å². The molecular formula is C20H35N7O8. The number of nitrogens with zero attached hydrogens (tertiary/aromatic N) is 2. The summed E-state index contributed by atoms with van der Waals surface area (Å²) >= 11 is 0. The Morgan fingerprint density at radius 1 is 1.09 bits per heavy atom. The number of hydrogen-bond acceptors (Lipinski definition) is 8. The SMILES string of the molecule is CC(O)C(NC(=O)C(N)CCCN=C(N)N)C(=O)NC(CCC(=O)O)C(=O)N1CCCC1C(=O)O. The van der Waals surface area contributed by atoms with E-state index >= 15 is 0 Å². The molecule has 1 fully saturated rings. The molecule has 0 spiro atoms. The predicted molar refractivity (Wildman–Crippen MR) is 123 cm³/mol. The second-order valence-electron chi connectivity index (χ2n) is 8.30. The molecule has 0 aliphatic carbocycles. The number of rotatable bonds is 14. The van der Waals surface area contributed by atoms with E-state index in [0.717, 1.165) is 4.90 Å². The molecule has 5 atom stereocenters. The molecule has 1 aliphatic rings. The van der Waals surface area contributed by atoms with Crippen molar-refractivity contribution < 1.29 is 39.3 Å². The Hall–Kier alpha value is -3.46. The van der Waals surface area contributed by atoms with Crippen LogP contribution in [0, 0.1) is 0 Å². The first-order valence-corrected chi connectivity index (χ1v) is 11.2. The smallest absolute Gasteiger partial charge is 0.326 e. The molecule has 5 unspecified atom stereocenters. The molecule has 15 heteroatoms. The fourth-order valence-electron chi connectivity index (χ4n) is 3.59. The number of aliphatic carboxylic acids is 2. The number of nitrogens with one attached hydrogen (secondary N) is 2. The van der Waals surface area contributed by atoms with Crippen LogP contribution in [0.4, 0.5) is 0 Å². The Bertz CT molecular complexity index is 815. The van der Waals surface area contributed by atoms with Gasteiger partial charge in [-0.25, -0.2) is 4.79 Å². The first-order valence-electron chi connectivity index (χ1n) is 11.2. The van der Waals surface area contributed by atoms with Gasteiger partial charge in [0.1, 0.15) is 18.1 Å². The normalized spacial score (nSPS) is 18.6. The number of carbonyl (C=O) groups excluding carboxylic acids is 3. The monoisotopic (exact) mass is 501 g/mol. The molecule has 1 heterocycles. The van der Waals surface area contributed by atoms with Crippen molar-refractivity contribution in [3.63, 3.8) is 0 Å². The van der Waals surface area contributed by atoms with Crippen LogP contribution in [0.15, 0.2) is 4.99 Å². The van der Waals surface area contributed by atoms with E-state index in [1.54, 1.807) is 0 Å². The van der Waals surface area contributed by atoms with E-state index in [4.69, 9.17) is 22.3 Å². The molecule has 0 saturated carbocycles. The van der Waals surface area contributed by atoms with Crippen LogP contribution in [-0.4, -0.2) is 99.2 Å². The molecule has 0 radical (unpaired) electrons. The van der Waals surface area contributed by atoms with Gasteiger partial charge in [-0.2, -0.15) is 0 Å². The van der Waals surface area contributed by atoms with E-state index in [1.807, 2.05) is 0 Å². The highest BCUT2D eigenvalue weighted by Crippen LogP contribution is 2.19. The van der Waals surface area contributed by atoms with E-state index in [-0.39, 0.29) is 38.3 Å². The van der Waals surface area contributed by atoms with Crippen molar-refractivity contribution in [3.8, 4) is 0 Å². The Labute approximate surface area is 202 Å². The first-order chi connectivity index (χ1) is 16.3. The van der Waals surface area contributed by atoms with Crippen molar-refractivity contribution in [1.82, 2.24) is 15.5 Å². The highest BCUT2D eigenvalue weighted by Gasteiger charge is 2.39. The number of carbonyl (C=O) groups is 5. The van der Waals surface area contributed by atoms with Crippen molar-refractivity contribution in [2.75, 3.05) is 13.1 Å². The summed E-state index contributed by atoms with van der Waals surface area (Å²) in [6.07, 6.45) is -0.945. The molecule has 198 valence electrons. The lowest BCUT2D eigenvalue weighted by molar-refractivity contribution is -0.150. The van der Waals surface area contributed by atoms with E-state index in [0.29, 0.717) is 12.8 Å². The number of nitrogens with two attached hydrogens (primary N) is 3. The Morgan fingerprint density at radius 2 is 1.74 bits per heavy atom. The Balaban J connectivity index is 2.89. The zero-order chi connectivity index (χ0) is 26.7. The fraction of sp³-hybridized carbons (Fsp3) is 0.700. The van der Waals surface area contributed by atoms with Crippen LogP contribution in [0.1, 0.15) is 45.4 Å². The summed E-state index contributed by atoms with van der Waals surface area (Å²) in [6.45, 7) is 1.62. The van der Waals surface area contributed by atoms with Crippen LogP contribution in [0.5, 0.6) is 0 Å². The van der Waals surface area contributed by atoms with E-state index in [1.165, 1.54) is 6.92 Å². The van der Waals surface area contributed by atoms with E-state index < -0.39 is 66.4 Å². The summed E-state index contributed by atoms with van der Waals surface area (Å²) in [5.74, 6) is -4.98. The van der Waals surface area contributed by atoms with E-state index in [2.05, 4.69) is 15.6 Å². The lowest BCUT2D eigenvalue weighted by Gasteiger charge is -2.29. The minimum Gasteiger partial charge on any atom is -0.481 e. The maximum atomic E-state index is 13.0. The highest BCUT2D eigenvalue weighted by molar-refractivity contribution is 5.94. The molecule has 1 aliphatic heterocycles. The average molecular weight is 502 g/mol. The molecule has 0 aromatic heterocycles. The van der Waals surface area contributed by atoms with Gasteiger partial charge in [0.15, 0.2) is 5.96 Å². The molecule has 11 N–H and O–H groups in total. The molecular weight excluding hydrogens is 466 g/mol. The van der Waals surface area contributed by atoms with Crippen LogP contribution in [0.25, 0.3) is 0 Å². The van der Waals surface area contributed by atoms with Gasteiger partial charge in [-0.15, -0.1) is 0 Å². The standard InChI is InChI=1S/C20H35N7O8/c1-10(28)15(26-16(31)11(21)4-2-8-24-20(22)23)17(32)25-12(6-7-14(29)30)18(33)27-9-3-5-13(27)19(34)35/h10-13,15,28H,2-9,21H2,1H3,(H,25,32)(H,26,31)(H,29,30)(H,34,35)(H4,22,23,24). The van der Waals surface area contributed by atoms with Crippen LogP contribution in [0.2, 0.25) is 0 Å². The summed E-state index contributed by atoms with van der Waals surface area (Å²) in [5, 5.41) is 33.1. The predicted octanol–water partition coefficient (Wildman–Crippen LogP) is -3.34. The topological polar surface area (TPSA) is 264 Å². The van der Waals surface area contributed by atoms with Gasteiger partial charge in [-0.1, -0.05) is 0 Å². The summed E-state index contributed by atoms with van der Waals surface area (Å²) < 4.78 is 0. The van der Waals surface area contributed by atoms with Gasteiger partial charge in [0.25, 0.3) is 0 Å². The number of hydrogen-bond donors (Lipinski definition) is 8. The maximum absolute atomic E-state index is 13.0. The summed E-state index contributed by atoms with van der Waals surface area (Å²) in [6, 6.07) is -5.00. The van der Waals surface area contributed by atoms with Crippen molar-refractivity contribution >= 4 is 35.6 Å². The maximum Gasteiger partial charge on any atom is 0.326 e. The molecule has 15 nitrogen and oxygen atoms in total. The molecule has 1 saturated heterocycles. The average Bonchev–Trinajstić information content (AvgIpc) is 3.26. The van der Waals surface area contributed by atoms with Crippen LogP contribution >= 0.6 is 0 Å². The van der Waals surface area contributed by atoms with Crippen molar-refractivity contribution in [3.05, 3.63) is 0 Å². The van der Waals surface area contributed by atoms with Gasteiger partial charge in [-0.3, -0.25) is 24.2 Å². The largest absolute Gasteiger partial charge is 0.481 e. The van der Waals surface area contributed by atoms with Crippen LogP contribution in [0.3, 0.4) is 0 Å². The number of likely N-dealkylation sites (tertiary alicyclic amines) is 1. The summed E-state index contributed by atoms with van der Waals surface area (Å²) in [7, 11) is 0. The third kappa shape index (κ3) is 9.74. The minimum absolute atomic E-state index is 0.107.